The second kappa shape index (κ2) is 11.0. The largest absolute Gasteiger partial charge is 0.105 e. The van der Waals surface area contributed by atoms with Gasteiger partial charge in [-0.15, -0.1) is 16.4 Å². The van der Waals surface area contributed by atoms with Gasteiger partial charge in [0.2, 0.25) is 0 Å². The molecule has 114 valence electrons. The van der Waals surface area contributed by atoms with Crippen molar-refractivity contribution in [3.05, 3.63) is 0 Å². The first-order valence-corrected chi connectivity index (χ1v) is 11.2. The van der Waals surface area contributed by atoms with Gasteiger partial charge >= 0.3 is 0 Å². The molecule has 2 aliphatic carbocycles. The van der Waals surface area contributed by atoms with Crippen molar-refractivity contribution in [2.45, 2.75) is 89.9 Å². The zero-order valence-electron chi connectivity index (χ0n) is 13.2. The predicted octanol–water partition coefficient (Wildman–Crippen LogP) is 6.71. The normalized spacial score (nSPS) is 23.2. The van der Waals surface area contributed by atoms with Crippen LogP contribution in [0.3, 0.4) is 0 Å². The Bertz CT molecular complexity index is 265. The monoisotopic (exact) mass is 310 g/mol. The van der Waals surface area contributed by atoms with Crippen molar-refractivity contribution in [1.82, 2.24) is 0 Å². The summed E-state index contributed by atoms with van der Waals surface area (Å²) in [5.74, 6) is 0. The fourth-order valence-corrected chi connectivity index (χ4v) is 6.06. The third-order valence-corrected chi connectivity index (χ3v) is 7.67. The minimum absolute atomic E-state index is 1.43. The topological polar surface area (TPSA) is 0 Å². The van der Waals surface area contributed by atoms with Gasteiger partial charge in [-0.2, -0.15) is 0 Å². The number of hydrogen-bond donors (Lipinski definition) is 0. The van der Waals surface area contributed by atoms with Gasteiger partial charge in [0.05, 0.1) is 0 Å². The zero-order chi connectivity index (χ0) is 13.9. The van der Waals surface area contributed by atoms with E-state index in [1.54, 1.807) is 16.4 Å². The molecule has 2 heteroatoms. The Kier molecular flexibility index (Phi) is 9.17. The van der Waals surface area contributed by atoms with Crippen molar-refractivity contribution < 1.29 is 0 Å². The van der Waals surface area contributed by atoms with Gasteiger partial charge in [-0.1, -0.05) is 38.5 Å². The summed E-state index contributed by atoms with van der Waals surface area (Å²) in [4.78, 5) is 0. The van der Waals surface area contributed by atoms with E-state index in [2.05, 4.69) is 0 Å². The first-order valence-electron chi connectivity index (χ1n) is 8.99. The molecule has 0 aromatic heterocycles. The average molecular weight is 310 g/mol. The molecule has 2 aliphatic rings. The summed E-state index contributed by atoms with van der Waals surface area (Å²) in [7, 11) is 3.40. The van der Waals surface area contributed by atoms with Crippen LogP contribution in [0.1, 0.15) is 89.9 Å². The zero-order valence-corrected chi connectivity index (χ0v) is 15.0. The van der Waals surface area contributed by atoms with Crippen LogP contribution in [-0.4, -0.2) is 22.9 Å². The second-order valence-corrected chi connectivity index (χ2v) is 9.22. The molecule has 0 aliphatic heterocycles. The summed E-state index contributed by atoms with van der Waals surface area (Å²) in [6, 6.07) is 0. The Labute approximate surface area is 129 Å². The lowest BCUT2D eigenvalue weighted by atomic mass is 10.0. The van der Waals surface area contributed by atoms with Gasteiger partial charge in [0.25, 0.3) is 0 Å². The molecule has 0 spiro atoms. The maximum atomic E-state index is 1.88. The Morgan fingerprint density at radius 2 is 0.750 bits per heavy atom. The van der Waals surface area contributed by atoms with Crippen molar-refractivity contribution in [3.8, 4) is 0 Å². The first kappa shape index (κ1) is 16.7. The van der Waals surface area contributed by atoms with Crippen molar-refractivity contribution in [1.29, 1.82) is 0 Å². The molecule has 0 N–H and O–H groups in total. The summed E-state index contributed by atoms with van der Waals surface area (Å²) < 4.78 is 0. The van der Waals surface area contributed by atoms with Crippen molar-refractivity contribution in [2.24, 2.45) is 0 Å². The van der Waals surface area contributed by atoms with Gasteiger partial charge in [0.15, 0.2) is 0 Å². The molecule has 0 heterocycles. The number of rotatable bonds is 3. The highest BCUT2D eigenvalue weighted by Crippen LogP contribution is 2.22. The molecule has 0 amide bonds. The standard InChI is InChI=1S/C18H32P2/c1-3-7-11-17(12-8-4-1)19-15-16-20-18-13-9-5-2-6-10-14-18/h1-16H2. The van der Waals surface area contributed by atoms with Gasteiger partial charge < -0.3 is 0 Å². The van der Waals surface area contributed by atoms with Crippen molar-refractivity contribution in [2.75, 3.05) is 12.3 Å². The lowest BCUT2D eigenvalue weighted by molar-refractivity contribution is 0.610. The molecule has 0 saturated heterocycles. The summed E-state index contributed by atoms with van der Waals surface area (Å²) in [5.41, 5.74) is 0. The highest BCUT2D eigenvalue weighted by molar-refractivity contribution is 7.44. The molecule has 20 heavy (non-hydrogen) atoms. The molecule has 0 unspecified atom stereocenters. The van der Waals surface area contributed by atoms with E-state index in [9.17, 15) is 0 Å². The third-order valence-electron chi connectivity index (χ3n) is 4.63. The molecule has 2 fully saturated rings. The molecule has 0 bridgehead atoms. The van der Waals surface area contributed by atoms with Gasteiger partial charge in [-0.25, -0.2) is 0 Å². The van der Waals surface area contributed by atoms with Crippen LogP contribution in [-0.2, 0) is 0 Å². The van der Waals surface area contributed by atoms with Gasteiger partial charge in [-0.3, -0.25) is 0 Å². The minimum atomic E-state index is 1.43. The maximum absolute atomic E-state index is 1.88. The Balaban J connectivity index is 1.70. The van der Waals surface area contributed by atoms with E-state index in [1.807, 2.05) is 10.6 Å². The Morgan fingerprint density at radius 1 is 0.450 bits per heavy atom. The number of hydrogen-bond acceptors (Lipinski definition) is 0. The highest BCUT2D eigenvalue weighted by Gasteiger charge is 2.05. The fourth-order valence-electron chi connectivity index (χ4n) is 3.36. The first-order chi connectivity index (χ1) is 9.95. The van der Waals surface area contributed by atoms with E-state index in [-0.39, 0.29) is 0 Å². The quantitative estimate of drug-likeness (QED) is 0.401. The Morgan fingerprint density at radius 3 is 1.10 bits per heavy atom. The molecule has 2 saturated carbocycles. The third kappa shape index (κ3) is 7.38. The molecular weight excluding hydrogens is 278 g/mol. The molecule has 0 atom stereocenters. The van der Waals surface area contributed by atoms with Crippen LogP contribution in [0.4, 0.5) is 0 Å². The minimum Gasteiger partial charge on any atom is -0.105 e. The molecule has 0 radical (unpaired) electrons. The summed E-state index contributed by atoms with van der Waals surface area (Å²) >= 11 is 0. The van der Waals surface area contributed by atoms with E-state index >= 15 is 0 Å². The predicted molar refractivity (Wildman–Crippen MR) is 98.2 cm³/mol. The molecular formula is C18H32P2. The van der Waals surface area contributed by atoms with Gasteiger partial charge in [0.1, 0.15) is 0 Å². The average Bonchev–Trinajstić information content (AvgIpc) is 2.38. The van der Waals surface area contributed by atoms with E-state index < -0.39 is 0 Å². The van der Waals surface area contributed by atoms with Crippen LogP contribution in [0.15, 0.2) is 0 Å². The van der Waals surface area contributed by atoms with E-state index in [4.69, 9.17) is 0 Å². The Hall–Kier alpha value is 0.340. The van der Waals surface area contributed by atoms with Crippen molar-refractivity contribution >= 4 is 27.0 Å². The van der Waals surface area contributed by atoms with E-state index in [1.165, 1.54) is 102 Å². The SMILES string of the molecule is C1CCCC(=PCCP=C2CCCCCCC2)CCC1. The molecule has 0 nitrogen and oxygen atoms in total. The van der Waals surface area contributed by atoms with Crippen LogP contribution in [0.2, 0.25) is 0 Å². The van der Waals surface area contributed by atoms with Crippen LogP contribution >= 0.6 is 16.4 Å². The van der Waals surface area contributed by atoms with Crippen LogP contribution in [0, 0.1) is 0 Å². The smallest absolute Gasteiger partial charge is 0.00308 e. The van der Waals surface area contributed by atoms with Crippen LogP contribution in [0.5, 0.6) is 0 Å². The van der Waals surface area contributed by atoms with E-state index in [0.717, 1.165) is 0 Å². The maximum Gasteiger partial charge on any atom is -0.00308 e. The summed E-state index contributed by atoms with van der Waals surface area (Å²) in [6.45, 7) is 0. The summed E-state index contributed by atoms with van der Waals surface area (Å²) in [5, 5.41) is 3.75. The van der Waals surface area contributed by atoms with Crippen LogP contribution < -0.4 is 0 Å². The molecule has 0 aromatic carbocycles. The fraction of sp³-hybridized carbons (Fsp3) is 0.889. The van der Waals surface area contributed by atoms with Crippen molar-refractivity contribution in [3.63, 3.8) is 0 Å². The second-order valence-electron chi connectivity index (χ2n) is 6.43. The molecule has 0 aromatic rings. The lowest BCUT2D eigenvalue weighted by Crippen LogP contribution is -2.01. The van der Waals surface area contributed by atoms with Crippen LogP contribution in [0.25, 0.3) is 0 Å². The van der Waals surface area contributed by atoms with E-state index in [0.29, 0.717) is 0 Å². The van der Waals surface area contributed by atoms with Gasteiger partial charge in [0, 0.05) is 0 Å². The highest BCUT2D eigenvalue weighted by atomic mass is 31.1. The molecule has 2 rings (SSSR count). The lowest BCUT2D eigenvalue weighted by Gasteiger charge is -2.12. The van der Waals surface area contributed by atoms with Gasteiger partial charge in [-0.05, 0) is 74.3 Å². The summed E-state index contributed by atoms with van der Waals surface area (Å²) in [6.07, 6.45) is 23.4.